The average molecular weight is 700 g/mol. The van der Waals surface area contributed by atoms with Gasteiger partial charge in [-0.3, -0.25) is 4.79 Å². The number of ether oxygens (including phenoxy) is 2. The third-order valence-corrected chi connectivity index (χ3v) is 8.08. The zero-order valence-corrected chi connectivity index (χ0v) is 26.7. The molecule has 1 aliphatic rings. The number of halogens is 5. The van der Waals surface area contributed by atoms with Crippen molar-refractivity contribution in [1.82, 2.24) is 15.6 Å². The minimum absolute atomic E-state index is 0.0875. The molecule has 1 saturated carbocycles. The molecule has 0 saturated heterocycles. The molecule has 0 amide bonds. The second-order valence-corrected chi connectivity index (χ2v) is 12.2. The average Bonchev–Trinajstić information content (AvgIpc) is 3.29. The molecule has 1 aliphatic carbocycles. The monoisotopic (exact) mass is 698 g/mol. The van der Waals surface area contributed by atoms with Crippen LogP contribution in [0, 0.1) is 38.7 Å². The number of para-hydroxylation sites is 1. The van der Waals surface area contributed by atoms with E-state index in [-0.39, 0.29) is 5.96 Å². The highest BCUT2D eigenvalue weighted by Gasteiger charge is 2.62. The number of carbonyl (C=O) groups is 1. The van der Waals surface area contributed by atoms with Crippen LogP contribution in [-0.4, -0.2) is 35.2 Å². The highest BCUT2D eigenvalue weighted by Crippen LogP contribution is 2.60. The van der Waals surface area contributed by atoms with E-state index in [9.17, 15) is 33.3 Å². The molecule has 1 unspecified atom stereocenters. The predicted octanol–water partition coefficient (Wildman–Crippen LogP) is 7.20. The largest absolute Gasteiger partial charge is 0.457 e. The summed E-state index contributed by atoms with van der Waals surface area (Å²) in [5, 5.41) is 25.9. The van der Waals surface area contributed by atoms with Gasteiger partial charge in [0.25, 0.3) is 5.96 Å². The summed E-state index contributed by atoms with van der Waals surface area (Å²) in [5.74, 6) is -1.18. The number of aromatic nitrogens is 1. The molecule has 46 heavy (non-hydrogen) atoms. The van der Waals surface area contributed by atoms with Crippen molar-refractivity contribution in [2.24, 2.45) is 22.4 Å². The van der Waals surface area contributed by atoms with Crippen LogP contribution in [0.25, 0.3) is 0 Å². The lowest BCUT2D eigenvalue weighted by atomic mass is 10.1. The summed E-state index contributed by atoms with van der Waals surface area (Å²) < 4.78 is 49.7. The summed E-state index contributed by atoms with van der Waals surface area (Å²) in [7, 11) is 1.54. The van der Waals surface area contributed by atoms with Crippen LogP contribution < -0.4 is 15.4 Å². The smallest absolute Gasteiger partial charge is 0.426 e. The first-order valence-electron chi connectivity index (χ1n) is 13.3. The number of rotatable bonds is 9. The van der Waals surface area contributed by atoms with Gasteiger partial charge in [0.2, 0.25) is 6.10 Å². The molecule has 11 nitrogen and oxygen atoms in total. The van der Waals surface area contributed by atoms with E-state index in [2.05, 4.69) is 20.7 Å². The Balaban J connectivity index is 0.000000322. The van der Waals surface area contributed by atoms with Crippen LogP contribution in [-0.2, 0) is 16.1 Å². The number of esters is 1. The number of guanidine groups is 1. The highest BCUT2D eigenvalue weighted by atomic mass is 35.5. The fourth-order valence-electron chi connectivity index (χ4n) is 4.21. The van der Waals surface area contributed by atoms with E-state index < -0.39 is 45.6 Å². The van der Waals surface area contributed by atoms with Gasteiger partial charge >= 0.3 is 12.1 Å². The van der Waals surface area contributed by atoms with Crippen molar-refractivity contribution in [2.75, 3.05) is 7.05 Å². The van der Waals surface area contributed by atoms with Crippen molar-refractivity contribution in [3.8, 4) is 17.6 Å². The molecule has 2 aromatic carbocycles. The predicted molar refractivity (Wildman–Crippen MR) is 166 cm³/mol. The molecule has 1 aromatic heterocycles. The summed E-state index contributed by atoms with van der Waals surface area (Å²) >= 11 is 12.2. The van der Waals surface area contributed by atoms with Crippen molar-refractivity contribution < 1.29 is 32.5 Å². The van der Waals surface area contributed by atoms with Gasteiger partial charge in [0.1, 0.15) is 27.7 Å². The van der Waals surface area contributed by atoms with Crippen molar-refractivity contribution >= 4 is 46.5 Å². The Hall–Kier alpha value is -4.39. The molecule has 1 heterocycles. The van der Waals surface area contributed by atoms with E-state index in [1.54, 1.807) is 56.4 Å². The fraction of sp³-hybridized carbons (Fsp3) is 0.310. The molecule has 2 N–H and O–H groups in total. The second-order valence-electron chi connectivity index (χ2n) is 10.1. The van der Waals surface area contributed by atoms with Gasteiger partial charge in [0.15, 0.2) is 9.50 Å². The molecule has 1 fully saturated rings. The molecule has 0 radical (unpaired) electrons. The van der Waals surface area contributed by atoms with Gasteiger partial charge < -0.3 is 20.1 Å². The fourth-order valence-corrected chi connectivity index (χ4v) is 5.26. The first kappa shape index (κ1) is 36.1. The van der Waals surface area contributed by atoms with Gasteiger partial charge in [-0.05, 0) is 35.6 Å². The van der Waals surface area contributed by atoms with E-state index in [4.69, 9.17) is 32.7 Å². The Kier molecular flexibility index (Phi) is 12.4. The number of nitrogens with one attached hydrogen (secondary N) is 2. The van der Waals surface area contributed by atoms with Gasteiger partial charge in [-0.15, -0.1) is 11.3 Å². The van der Waals surface area contributed by atoms with Crippen LogP contribution in [0.3, 0.4) is 0 Å². The lowest BCUT2D eigenvalue weighted by Crippen LogP contribution is -2.34. The van der Waals surface area contributed by atoms with E-state index in [0.717, 1.165) is 11.0 Å². The molecule has 0 aliphatic heterocycles. The summed E-state index contributed by atoms with van der Waals surface area (Å²) in [6.07, 6.45) is -3.47. The van der Waals surface area contributed by atoms with E-state index in [1.165, 1.54) is 18.4 Å². The number of hydrazone groups is 1. The van der Waals surface area contributed by atoms with E-state index in [0.29, 0.717) is 28.1 Å². The number of thiazole rings is 1. The van der Waals surface area contributed by atoms with Gasteiger partial charge in [-0.2, -0.15) is 18.4 Å². The first-order valence-corrected chi connectivity index (χ1v) is 14.8. The molecular formula is C29H27Cl2F3N6O5S. The number of carbonyl (C=O) groups excluding carboxylic acids is 1. The number of alkyl halides is 3. The van der Waals surface area contributed by atoms with Crippen molar-refractivity contribution in [3.63, 3.8) is 0 Å². The summed E-state index contributed by atoms with van der Waals surface area (Å²) in [4.78, 5) is 27.4. The quantitative estimate of drug-likeness (QED) is 0.0777. The van der Waals surface area contributed by atoms with Crippen LogP contribution in [0.4, 0.5) is 13.2 Å². The van der Waals surface area contributed by atoms with Crippen molar-refractivity contribution in [1.29, 1.82) is 5.26 Å². The zero-order valence-electron chi connectivity index (χ0n) is 24.4. The minimum Gasteiger partial charge on any atom is -0.457 e. The zero-order chi connectivity index (χ0) is 34.1. The number of benzene rings is 2. The Labute approximate surface area is 275 Å². The third-order valence-electron chi connectivity index (χ3n) is 6.63. The van der Waals surface area contributed by atoms with Gasteiger partial charge in [0, 0.05) is 23.7 Å². The Morgan fingerprint density at radius 2 is 1.93 bits per heavy atom. The molecule has 4 rings (SSSR count). The standard InChI is InChI=1S/C23H19ClF3NO3.C6H8ClN5O2S/c1-22(2)17(12-19(24)23(25,26)27)20(22)21(29)31-18(13-28)14-7-6-10-16(11-14)30-15-8-4-3-5-9-15;1-8-6(11-12(13)14)10-3-4-2-9-5(7)15-4/h3-12,17-18,20H,1-2H3;2H,3H2,1H3,(H2,8,10,11)/b19-12-;/t17-,18?,20-;/m0./s1. The maximum atomic E-state index is 12.7. The molecule has 17 heteroatoms. The van der Waals surface area contributed by atoms with Gasteiger partial charge in [0.05, 0.1) is 12.5 Å². The summed E-state index contributed by atoms with van der Waals surface area (Å²) in [6.45, 7) is 3.69. The Morgan fingerprint density at radius 1 is 1.26 bits per heavy atom. The van der Waals surface area contributed by atoms with Crippen LogP contribution in [0.15, 0.2) is 77.0 Å². The molecule has 3 atom stereocenters. The van der Waals surface area contributed by atoms with Crippen LogP contribution in [0.5, 0.6) is 11.5 Å². The number of nitrogens with zero attached hydrogens (tertiary/aromatic N) is 4. The number of nitro groups is 1. The SMILES string of the molecule is CC1(C)[C@H](C(=O)OC(C#N)c2cccc(Oc3ccccc3)c2)[C@@H]1/C=C(\Cl)C(F)(F)F.CN/C(=N\[N+](=O)[O-])NCc1cnc(Cl)s1. The van der Waals surface area contributed by atoms with E-state index >= 15 is 0 Å². The number of allylic oxidation sites excluding steroid dienone is 2. The molecule has 3 aromatic rings. The molecule has 0 bridgehead atoms. The van der Waals surface area contributed by atoms with Crippen molar-refractivity contribution in [3.05, 3.63) is 96.9 Å². The van der Waals surface area contributed by atoms with Gasteiger partial charge in [-0.1, -0.05) is 73.5 Å². The van der Waals surface area contributed by atoms with E-state index in [1.807, 2.05) is 24.3 Å². The molecule has 244 valence electrons. The highest BCUT2D eigenvalue weighted by molar-refractivity contribution is 7.15. The Morgan fingerprint density at radius 3 is 2.50 bits per heavy atom. The number of nitriles is 1. The number of hydrogen-bond donors (Lipinski definition) is 2. The maximum absolute atomic E-state index is 12.7. The van der Waals surface area contributed by atoms with Crippen LogP contribution in [0.2, 0.25) is 4.47 Å². The Bertz CT molecular complexity index is 1630. The molecule has 0 spiro atoms. The first-order chi connectivity index (χ1) is 21.6. The van der Waals surface area contributed by atoms with Crippen LogP contribution in [0.1, 0.15) is 30.4 Å². The van der Waals surface area contributed by atoms with Gasteiger partial charge in [-0.25, -0.2) is 15.1 Å². The lowest BCUT2D eigenvalue weighted by molar-refractivity contribution is -0.485. The lowest BCUT2D eigenvalue weighted by Gasteiger charge is -2.13. The number of hydrogen-bond acceptors (Lipinski definition) is 8. The third kappa shape index (κ3) is 10.3. The molecular weight excluding hydrogens is 672 g/mol. The van der Waals surface area contributed by atoms with Crippen molar-refractivity contribution in [2.45, 2.75) is 32.7 Å². The summed E-state index contributed by atoms with van der Waals surface area (Å²) in [5.41, 5.74) is -0.371. The minimum atomic E-state index is -4.68. The maximum Gasteiger partial charge on any atom is 0.426 e. The summed E-state index contributed by atoms with van der Waals surface area (Å²) in [6, 6.07) is 17.4. The normalized spacial score (nSPS) is 17.8. The second kappa shape index (κ2) is 15.7. The topological polar surface area (TPSA) is 152 Å². The van der Waals surface area contributed by atoms with Crippen LogP contribution >= 0.6 is 34.5 Å².